The number of rotatable bonds is 4. The zero-order chi connectivity index (χ0) is 18.0. The summed E-state index contributed by atoms with van der Waals surface area (Å²) < 4.78 is 11.2. The molecule has 0 spiro atoms. The summed E-state index contributed by atoms with van der Waals surface area (Å²) in [5.41, 5.74) is 2.72. The fourth-order valence-corrected chi connectivity index (χ4v) is 3.38. The quantitative estimate of drug-likeness (QED) is 0.852. The van der Waals surface area contributed by atoms with Crippen LogP contribution in [0.25, 0.3) is 0 Å². The Morgan fingerprint density at radius 3 is 2.64 bits per heavy atom. The molecule has 25 heavy (non-hydrogen) atoms. The number of hydrogen-bond acceptors (Lipinski definition) is 4. The van der Waals surface area contributed by atoms with Gasteiger partial charge in [0.1, 0.15) is 11.9 Å². The number of carbonyl (C=O) groups excluding carboxylic acids is 1. The van der Waals surface area contributed by atoms with Crippen LogP contribution in [0.4, 0.5) is 0 Å². The molecule has 1 saturated heterocycles. The fourth-order valence-electron chi connectivity index (χ4n) is 3.38. The number of hydrogen-bond donors (Lipinski definition) is 0. The molecule has 1 fully saturated rings. The first-order valence-electron chi connectivity index (χ1n) is 8.77. The average Bonchev–Trinajstić information content (AvgIpc) is 2.91. The molecule has 1 atom stereocenters. The molecule has 0 bridgehead atoms. The third-order valence-corrected chi connectivity index (χ3v) is 4.96. The largest absolute Gasteiger partial charge is 0.369 e. The zero-order valence-electron chi connectivity index (χ0n) is 15.4. The molecule has 1 aliphatic heterocycles. The van der Waals surface area contributed by atoms with Crippen molar-refractivity contribution < 1.29 is 14.1 Å². The number of morpholine rings is 1. The molecule has 3 rings (SSSR count). The van der Waals surface area contributed by atoms with Crippen LogP contribution in [-0.4, -0.2) is 34.7 Å². The van der Waals surface area contributed by atoms with Gasteiger partial charge in [-0.05, 0) is 39.7 Å². The number of amides is 1. The Balaban J connectivity index is 1.70. The molecule has 0 N–H and O–H groups in total. The Morgan fingerprint density at radius 2 is 2.00 bits per heavy atom. The maximum atomic E-state index is 12.9. The first kappa shape index (κ1) is 17.7. The lowest BCUT2D eigenvalue weighted by Gasteiger charge is -2.45. The van der Waals surface area contributed by atoms with Crippen molar-refractivity contribution >= 4 is 5.91 Å². The summed E-state index contributed by atoms with van der Waals surface area (Å²) in [5.74, 6) is 0.947. The van der Waals surface area contributed by atoms with Crippen molar-refractivity contribution in [3.63, 3.8) is 0 Å². The van der Waals surface area contributed by atoms with Gasteiger partial charge in [-0.15, -0.1) is 0 Å². The number of nitrogens with zero attached hydrogens (tertiary/aromatic N) is 2. The minimum Gasteiger partial charge on any atom is -0.369 e. The Bertz CT molecular complexity index is 717. The van der Waals surface area contributed by atoms with E-state index in [2.05, 4.69) is 31.1 Å². The molecule has 5 nitrogen and oxygen atoms in total. The topological polar surface area (TPSA) is 55.6 Å². The standard InChI is InChI=1S/C20H26N2O3/c1-14-17(15(2)25-21-14)10-11-19(23)22-12-18(24-13-20(22,3)4)16-8-6-5-7-9-16/h5-9,18H,10-13H2,1-4H3/t18-/m0/s1. The number of carbonyl (C=O) groups is 1. The molecule has 2 heterocycles. The summed E-state index contributed by atoms with van der Waals surface area (Å²) in [7, 11) is 0. The van der Waals surface area contributed by atoms with Gasteiger partial charge in [0.25, 0.3) is 0 Å². The van der Waals surface area contributed by atoms with Crippen LogP contribution in [0.5, 0.6) is 0 Å². The van der Waals surface area contributed by atoms with Crippen molar-refractivity contribution in [1.82, 2.24) is 10.1 Å². The molecular weight excluding hydrogens is 316 g/mol. The third kappa shape index (κ3) is 3.76. The molecule has 1 aromatic heterocycles. The van der Waals surface area contributed by atoms with E-state index in [1.807, 2.05) is 36.9 Å². The summed E-state index contributed by atoms with van der Waals surface area (Å²) in [4.78, 5) is 14.9. The van der Waals surface area contributed by atoms with Crippen molar-refractivity contribution in [2.24, 2.45) is 0 Å². The van der Waals surface area contributed by atoms with Crippen LogP contribution in [-0.2, 0) is 16.0 Å². The highest BCUT2D eigenvalue weighted by atomic mass is 16.5. The van der Waals surface area contributed by atoms with Crippen LogP contribution in [0, 0.1) is 13.8 Å². The summed E-state index contributed by atoms with van der Waals surface area (Å²) in [6.45, 7) is 9.04. The minimum absolute atomic E-state index is 0.0720. The second-order valence-electron chi connectivity index (χ2n) is 7.33. The van der Waals surface area contributed by atoms with Crippen LogP contribution in [0.15, 0.2) is 34.9 Å². The average molecular weight is 342 g/mol. The molecule has 0 radical (unpaired) electrons. The van der Waals surface area contributed by atoms with E-state index < -0.39 is 0 Å². The predicted octanol–water partition coefficient (Wildman–Crippen LogP) is 3.60. The second-order valence-corrected chi connectivity index (χ2v) is 7.33. The highest BCUT2D eigenvalue weighted by Gasteiger charge is 2.38. The van der Waals surface area contributed by atoms with Crippen LogP contribution >= 0.6 is 0 Å². The molecule has 134 valence electrons. The van der Waals surface area contributed by atoms with Gasteiger partial charge in [-0.2, -0.15) is 0 Å². The van der Waals surface area contributed by atoms with Gasteiger partial charge in [0.05, 0.1) is 24.4 Å². The Hall–Kier alpha value is -2.14. The summed E-state index contributed by atoms with van der Waals surface area (Å²) >= 11 is 0. The van der Waals surface area contributed by atoms with Gasteiger partial charge in [-0.3, -0.25) is 4.79 Å². The zero-order valence-corrected chi connectivity index (χ0v) is 15.4. The van der Waals surface area contributed by atoms with Gasteiger partial charge in [-0.25, -0.2) is 0 Å². The maximum Gasteiger partial charge on any atom is 0.223 e. The van der Waals surface area contributed by atoms with Gasteiger partial charge < -0.3 is 14.2 Å². The van der Waals surface area contributed by atoms with Crippen LogP contribution in [0.2, 0.25) is 0 Å². The fraction of sp³-hybridized carbons (Fsp3) is 0.500. The molecule has 1 aliphatic rings. The molecule has 0 aliphatic carbocycles. The lowest BCUT2D eigenvalue weighted by atomic mass is 9.97. The van der Waals surface area contributed by atoms with Crippen molar-refractivity contribution in [1.29, 1.82) is 0 Å². The van der Waals surface area contributed by atoms with Gasteiger partial charge in [0, 0.05) is 12.0 Å². The van der Waals surface area contributed by atoms with E-state index in [4.69, 9.17) is 9.26 Å². The van der Waals surface area contributed by atoms with Crippen molar-refractivity contribution in [3.05, 3.63) is 52.9 Å². The molecule has 0 unspecified atom stereocenters. The van der Waals surface area contributed by atoms with Crippen LogP contribution in [0.3, 0.4) is 0 Å². The smallest absolute Gasteiger partial charge is 0.223 e. The van der Waals surface area contributed by atoms with Crippen LogP contribution < -0.4 is 0 Å². The first-order valence-corrected chi connectivity index (χ1v) is 8.77. The normalized spacial score (nSPS) is 19.8. The summed E-state index contributed by atoms with van der Waals surface area (Å²) in [6.07, 6.45) is 1.04. The monoisotopic (exact) mass is 342 g/mol. The maximum absolute atomic E-state index is 12.9. The minimum atomic E-state index is -0.304. The lowest BCUT2D eigenvalue weighted by Crippen LogP contribution is -2.56. The molecule has 0 saturated carbocycles. The first-order chi connectivity index (χ1) is 11.9. The van der Waals surface area contributed by atoms with Gasteiger partial charge >= 0.3 is 0 Å². The molecule has 2 aromatic rings. The van der Waals surface area contributed by atoms with Gasteiger partial charge in [0.15, 0.2) is 0 Å². The van der Waals surface area contributed by atoms with E-state index in [0.29, 0.717) is 26.0 Å². The highest BCUT2D eigenvalue weighted by molar-refractivity contribution is 5.77. The van der Waals surface area contributed by atoms with Gasteiger partial charge in [-0.1, -0.05) is 35.5 Å². The summed E-state index contributed by atoms with van der Waals surface area (Å²) in [6, 6.07) is 10.1. The Morgan fingerprint density at radius 1 is 1.28 bits per heavy atom. The summed E-state index contributed by atoms with van der Waals surface area (Å²) in [5, 5.41) is 3.97. The van der Waals surface area contributed by atoms with E-state index in [0.717, 1.165) is 22.6 Å². The van der Waals surface area contributed by atoms with E-state index in [1.54, 1.807) is 0 Å². The van der Waals surface area contributed by atoms with E-state index in [-0.39, 0.29) is 17.6 Å². The number of aromatic nitrogens is 1. The van der Waals surface area contributed by atoms with Crippen molar-refractivity contribution in [2.75, 3.05) is 13.2 Å². The lowest BCUT2D eigenvalue weighted by molar-refractivity contribution is -0.154. The molecular formula is C20H26N2O3. The molecule has 5 heteroatoms. The highest BCUT2D eigenvalue weighted by Crippen LogP contribution is 2.31. The second kappa shape index (κ2) is 7.00. The molecule has 1 amide bonds. The number of benzene rings is 1. The predicted molar refractivity (Wildman–Crippen MR) is 95.2 cm³/mol. The van der Waals surface area contributed by atoms with Crippen LogP contribution in [0.1, 0.15) is 49.0 Å². The van der Waals surface area contributed by atoms with E-state index in [9.17, 15) is 4.79 Å². The Labute approximate surface area is 148 Å². The third-order valence-electron chi connectivity index (χ3n) is 4.96. The van der Waals surface area contributed by atoms with Crippen molar-refractivity contribution in [3.8, 4) is 0 Å². The molecule has 1 aromatic carbocycles. The number of aryl methyl sites for hydroxylation is 2. The Kier molecular flexibility index (Phi) is 4.95. The number of ether oxygens (including phenoxy) is 1. The SMILES string of the molecule is Cc1noc(C)c1CCC(=O)N1C[C@@H](c2ccccc2)OCC1(C)C. The van der Waals surface area contributed by atoms with Gasteiger partial charge in [0.2, 0.25) is 5.91 Å². The van der Waals surface area contributed by atoms with E-state index in [1.165, 1.54) is 0 Å². The van der Waals surface area contributed by atoms with Crippen molar-refractivity contribution in [2.45, 2.75) is 52.2 Å². The van der Waals surface area contributed by atoms with E-state index >= 15 is 0 Å².